The third-order valence-electron chi connectivity index (χ3n) is 2.58. The van der Waals surface area contributed by atoms with Crippen LogP contribution in [-0.4, -0.2) is 28.6 Å². The van der Waals surface area contributed by atoms with Crippen molar-refractivity contribution >= 4 is 0 Å². The maximum Gasteiger partial charge on any atom is 0.125 e. The van der Waals surface area contributed by atoms with Gasteiger partial charge in [0.05, 0.1) is 20.3 Å². The predicted molar refractivity (Wildman–Crippen MR) is 66.6 cm³/mol. The van der Waals surface area contributed by atoms with Crippen molar-refractivity contribution in [2.75, 3.05) is 13.7 Å². The van der Waals surface area contributed by atoms with Crippen molar-refractivity contribution in [1.29, 1.82) is 0 Å². The van der Waals surface area contributed by atoms with Crippen molar-refractivity contribution in [2.24, 2.45) is 0 Å². The minimum atomic E-state index is -0.0751. The van der Waals surface area contributed by atoms with Crippen LogP contribution in [0, 0.1) is 0 Å². The van der Waals surface area contributed by atoms with Crippen molar-refractivity contribution in [3.05, 3.63) is 42.2 Å². The number of nitrogens with zero attached hydrogens (tertiary/aromatic N) is 2. The molecule has 0 spiro atoms. The highest BCUT2D eigenvalue weighted by Crippen LogP contribution is 2.24. The molecule has 1 aromatic heterocycles. The molecule has 0 atom stereocenters. The lowest BCUT2D eigenvalue weighted by molar-refractivity contribution is 0.254. The fourth-order valence-corrected chi connectivity index (χ4v) is 1.63. The molecule has 0 aliphatic heterocycles. The van der Waals surface area contributed by atoms with E-state index in [0.717, 1.165) is 5.56 Å². The maximum atomic E-state index is 9.27. The summed E-state index contributed by atoms with van der Waals surface area (Å²) < 4.78 is 12.5. The Morgan fingerprint density at radius 2 is 2.28 bits per heavy atom. The summed E-state index contributed by atoms with van der Waals surface area (Å²) in [7, 11) is 1.59. The van der Waals surface area contributed by atoms with Gasteiger partial charge in [0.25, 0.3) is 0 Å². The molecule has 0 radical (unpaired) electrons. The first-order valence-corrected chi connectivity index (χ1v) is 5.71. The van der Waals surface area contributed by atoms with Gasteiger partial charge in [-0.15, -0.1) is 0 Å². The van der Waals surface area contributed by atoms with Gasteiger partial charge >= 0.3 is 0 Å². The number of rotatable bonds is 6. The molecule has 0 unspecified atom stereocenters. The van der Waals surface area contributed by atoms with E-state index >= 15 is 0 Å². The van der Waals surface area contributed by atoms with Crippen molar-refractivity contribution < 1.29 is 14.6 Å². The Bertz CT molecular complexity index is 483. The van der Waals surface area contributed by atoms with E-state index < -0.39 is 0 Å². The minimum Gasteiger partial charge on any atom is -0.497 e. The normalized spacial score (nSPS) is 10.3. The SMILES string of the molecule is COc1ccc(OCCn2cccn2)c(CO)c1. The third kappa shape index (κ3) is 3.01. The van der Waals surface area contributed by atoms with Crippen LogP contribution < -0.4 is 9.47 Å². The molecule has 0 bridgehead atoms. The molecule has 1 heterocycles. The lowest BCUT2D eigenvalue weighted by Gasteiger charge is -2.11. The lowest BCUT2D eigenvalue weighted by Crippen LogP contribution is -2.09. The van der Waals surface area contributed by atoms with Crippen LogP contribution in [0.4, 0.5) is 0 Å². The van der Waals surface area contributed by atoms with Crippen LogP contribution in [0.3, 0.4) is 0 Å². The van der Waals surface area contributed by atoms with Gasteiger partial charge in [-0.1, -0.05) is 0 Å². The lowest BCUT2D eigenvalue weighted by atomic mass is 10.2. The second-order valence-corrected chi connectivity index (χ2v) is 3.75. The van der Waals surface area contributed by atoms with Crippen LogP contribution in [0.15, 0.2) is 36.7 Å². The molecule has 0 saturated heterocycles. The fraction of sp³-hybridized carbons (Fsp3) is 0.308. The first-order valence-electron chi connectivity index (χ1n) is 5.71. The topological polar surface area (TPSA) is 56.5 Å². The summed E-state index contributed by atoms with van der Waals surface area (Å²) in [6.45, 7) is 1.10. The number of aliphatic hydroxyl groups is 1. The summed E-state index contributed by atoms with van der Waals surface area (Å²) in [6, 6.07) is 7.24. The molecular formula is C13H16N2O3. The zero-order valence-corrected chi connectivity index (χ0v) is 10.2. The highest BCUT2D eigenvalue weighted by Gasteiger charge is 2.04. The van der Waals surface area contributed by atoms with Crippen molar-refractivity contribution in [3.8, 4) is 11.5 Å². The van der Waals surface area contributed by atoms with E-state index in [1.165, 1.54) is 0 Å². The van der Waals surface area contributed by atoms with Crippen LogP contribution in [0.25, 0.3) is 0 Å². The van der Waals surface area contributed by atoms with Crippen LogP contribution >= 0.6 is 0 Å². The number of hydrogen-bond donors (Lipinski definition) is 1. The van der Waals surface area contributed by atoms with E-state index in [-0.39, 0.29) is 6.61 Å². The molecule has 96 valence electrons. The molecular weight excluding hydrogens is 232 g/mol. The van der Waals surface area contributed by atoms with Crippen molar-refractivity contribution in [3.63, 3.8) is 0 Å². The van der Waals surface area contributed by atoms with E-state index in [4.69, 9.17) is 9.47 Å². The van der Waals surface area contributed by atoms with Gasteiger partial charge in [-0.25, -0.2) is 0 Å². The zero-order valence-electron chi connectivity index (χ0n) is 10.2. The summed E-state index contributed by atoms with van der Waals surface area (Å²) >= 11 is 0. The number of methoxy groups -OCH3 is 1. The van der Waals surface area contributed by atoms with Gasteiger partial charge in [0.2, 0.25) is 0 Å². The minimum absolute atomic E-state index is 0.0751. The van der Waals surface area contributed by atoms with Gasteiger partial charge in [-0.2, -0.15) is 5.10 Å². The molecule has 2 rings (SSSR count). The molecule has 0 amide bonds. The summed E-state index contributed by atoms with van der Waals surface area (Å²) in [5, 5.41) is 13.4. The highest BCUT2D eigenvalue weighted by atomic mass is 16.5. The van der Waals surface area contributed by atoms with Gasteiger partial charge in [0.15, 0.2) is 0 Å². The molecule has 0 aliphatic carbocycles. The smallest absolute Gasteiger partial charge is 0.125 e. The van der Waals surface area contributed by atoms with Crippen LogP contribution in [-0.2, 0) is 13.2 Å². The van der Waals surface area contributed by atoms with Crippen molar-refractivity contribution in [1.82, 2.24) is 9.78 Å². The molecule has 1 aromatic carbocycles. The van der Waals surface area contributed by atoms with Gasteiger partial charge in [0.1, 0.15) is 18.1 Å². The highest BCUT2D eigenvalue weighted by molar-refractivity contribution is 5.39. The summed E-state index contributed by atoms with van der Waals surface area (Å²) in [6.07, 6.45) is 3.61. The van der Waals surface area contributed by atoms with Gasteiger partial charge in [-0.3, -0.25) is 4.68 Å². The van der Waals surface area contributed by atoms with Gasteiger partial charge < -0.3 is 14.6 Å². The first-order chi connectivity index (χ1) is 8.83. The van der Waals surface area contributed by atoms with Crippen LogP contribution in [0.1, 0.15) is 5.56 Å². The average Bonchev–Trinajstić information content (AvgIpc) is 2.92. The quantitative estimate of drug-likeness (QED) is 0.841. The molecule has 5 heteroatoms. The first kappa shape index (κ1) is 12.4. The van der Waals surface area contributed by atoms with E-state index in [1.54, 1.807) is 30.1 Å². The monoisotopic (exact) mass is 248 g/mol. The Balaban J connectivity index is 1.96. The Labute approximate surface area is 106 Å². The van der Waals surface area contributed by atoms with Crippen molar-refractivity contribution in [2.45, 2.75) is 13.2 Å². The largest absolute Gasteiger partial charge is 0.497 e. The average molecular weight is 248 g/mol. The summed E-state index contributed by atoms with van der Waals surface area (Å²) in [5.74, 6) is 1.38. The van der Waals surface area contributed by atoms with E-state index in [2.05, 4.69) is 5.10 Å². The Hall–Kier alpha value is -2.01. The van der Waals surface area contributed by atoms with Crippen LogP contribution in [0.2, 0.25) is 0 Å². The second-order valence-electron chi connectivity index (χ2n) is 3.75. The predicted octanol–water partition coefficient (Wildman–Crippen LogP) is 1.46. The molecule has 0 fully saturated rings. The van der Waals surface area contributed by atoms with E-state index in [1.807, 2.05) is 18.3 Å². The standard InChI is InChI=1S/C13H16N2O3/c1-17-12-3-4-13(11(9-12)10-16)18-8-7-15-6-2-5-14-15/h2-6,9,16H,7-8,10H2,1H3. The zero-order chi connectivity index (χ0) is 12.8. The molecule has 0 aliphatic rings. The number of ether oxygens (including phenoxy) is 2. The molecule has 1 N–H and O–H groups in total. The van der Waals surface area contributed by atoms with E-state index in [0.29, 0.717) is 24.7 Å². The summed E-state index contributed by atoms with van der Waals surface area (Å²) in [5.41, 5.74) is 0.717. The number of benzene rings is 1. The molecule has 18 heavy (non-hydrogen) atoms. The Morgan fingerprint density at radius 1 is 1.39 bits per heavy atom. The summed E-state index contributed by atoms with van der Waals surface area (Å²) in [4.78, 5) is 0. The maximum absolute atomic E-state index is 9.27. The second kappa shape index (κ2) is 6.07. The Kier molecular flexibility index (Phi) is 4.20. The van der Waals surface area contributed by atoms with Gasteiger partial charge in [0, 0.05) is 18.0 Å². The fourth-order valence-electron chi connectivity index (χ4n) is 1.63. The number of aromatic nitrogens is 2. The number of hydrogen-bond acceptors (Lipinski definition) is 4. The molecule has 0 saturated carbocycles. The molecule has 2 aromatic rings. The van der Waals surface area contributed by atoms with Crippen LogP contribution in [0.5, 0.6) is 11.5 Å². The van der Waals surface area contributed by atoms with E-state index in [9.17, 15) is 5.11 Å². The third-order valence-corrected chi connectivity index (χ3v) is 2.58. The molecule has 5 nitrogen and oxygen atoms in total. The Morgan fingerprint density at radius 3 is 2.94 bits per heavy atom. The van der Waals surface area contributed by atoms with Gasteiger partial charge in [-0.05, 0) is 24.3 Å². The number of aliphatic hydroxyl groups excluding tert-OH is 1.